The zero-order valence-corrected chi connectivity index (χ0v) is 74.1. The lowest BCUT2D eigenvalue weighted by Gasteiger charge is -2.28. The van der Waals surface area contributed by atoms with Crippen LogP contribution in [-0.2, 0) is 81.5 Å². The van der Waals surface area contributed by atoms with E-state index >= 15 is 0 Å². The highest BCUT2D eigenvalue weighted by molar-refractivity contribution is 6.01. The minimum Gasteiger partial charge on any atom is -0.368 e. The van der Waals surface area contributed by atoms with Crippen LogP contribution in [0, 0.1) is 23.7 Å². The van der Waals surface area contributed by atoms with Gasteiger partial charge in [0.15, 0.2) is 0 Å². The molecule has 0 aromatic heterocycles. The predicted molar refractivity (Wildman–Crippen MR) is 458 cm³/mol. The van der Waals surface area contributed by atoms with E-state index in [4.69, 9.17) is 45.9 Å². The molecule has 0 bridgehead atoms. The molecule has 0 aromatic rings. The summed E-state index contributed by atoms with van der Waals surface area (Å²) < 4.78 is 0. The monoisotopic (exact) mass is 1720 g/mol. The van der Waals surface area contributed by atoms with Crippen LogP contribution in [0.25, 0.3) is 0 Å². The van der Waals surface area contributed by atoms with Gasteiger partial charge in [0.2, 0.25) is 100 Å². The number of carbonyl (C=O) groups is 17. The Morgan fingerprint density at radius 1 is 0.215 bits per heavy atom. The number of unbranched alkanes of at least 4 members (excludes halogenated alkanes) is 6. The van der Waals surface area contributed by atoms with Crippen molar-refractivity contribution in [2.24, 2.45) is 69.5 Å². The Bertz CT molecular complexity index is 3260. The van der Waals surface area contributed by atoms with Crippen LogP contribution in [0.1, 0.15) is 238 Å². The highest BCUT2D eigenvalue weighted by Gasteiger charge is 2.38. The van der Waals surface area contributed by atoms with Crippen molar-refractivity contribution >= 4 is 100 Å². The second-order valence-electron chi connectivity index (χ2n) is 33.0. The molecule has 0 spiro atoms. The summed E-state index contributed by atoms with van der Waals surface area (Å²) in [4.78, 5) is 234. The van der Waals surface area contributed by atoms with E-state index < -0.39 is 204 Å². The molecular formula is C80H152N24O17. The van der Waals surface area contributed by atoms with E-state index in [0.717, 1.165) is 0 Å². The molecule has 694 valence electrons. The van der Waals surface area contributed by atoms with Crippen LogP contribution in [0.15, 0.2) is 0 Å². The third-order valence-corrected chi connectivity index (χ3v) is 19.5. The first-order chi connectivity index (χ1) is 56.9. The largest absolute Gasteiger partial charge is 0.368 e. The van der Waals surface area contributed by atoms with Gasteiger partial charge in [-0.3, -0.25) is 81.5 Å². The molecule has 0 aliphatic rings. The van der Waals surface area contributed by atoms with Crippen LogP contribution in [0.3, 0.4) is 0 Å². The molecule has 41 nitrogen and oxygen atoms in total. The Balaban J connectivity index is 6.82. The normalized spacial score (nSPS) is 15.3. The molecule has 0 saturated heterocycles. The van der Waals surface area contributed by atoms with Gasteiger partial charge in [0.1, 0.15) is 90.6 Å². The van der Waals surface area contributed by atoms with Crippen molar-refractivity contribution in [3.8, 4) is 0 Å². The summed E-state index contributed by atoms with van der Waals surface area (Å²) >= 11 is 0. The molecule has 0 fully saturated rings. The molecule has 17 amide bonds. The number of hydrogen-bond acceptors (Lipinski definition) is 24. The van der Waals surface area contributed by atoms with Gasteiger partial charge in [-0.05, 0) is 246 Å². The van der Waals surface area contributed by atoms with Gasteiger partial charge >= 0.3 is 0 Å². The summed E-state index contributed by atoms with van der Waals surface area (Å²) in [5.74, 6) is -13.7. The molecule has 32 N–H and O–H groups in total. The third kappa shape index (κ3) is 47.6. The standard InChI is InChI=1S/C80H152N24O17/c1-44(2)39-60(71(112)89-43-64(105)95-54(27-15-21-33-81)74(115)98-58(31-19-25-37-85)77(118)104-61(40-45(3)4)78(119)90-49(10)65(88)106)103-76(117)59(32-20-26-38-86)100-80(121)63(42-47(7)8)102-70(111)53(14)94-73(114)56(29-17-23-35-83)97-75(116)57(30-18-24-36-84)99-79(120)62(41-46(5)6)101-69(110)52(13)93-72(113)55(28-16-22-34-82)96-68(109)51(12)92-67(108)50(11)91-66(107)48(9)87/h44-63H,15-43,81-87H2,1-14H3,(H2,88,106)(H,89,112)(H,90,119)(H,91,107)(H,92,108)(H,93,113)(H,94,114)(H,95,105)(H,96,109)(H,97,116)(H,98,115)(H,99,120)(H,100,121)(H,101,110)(H,102,111)(H,103,117)(H,104,118)/t48-,49-,50-,51-,52-,53-,54-,55-,56-,57-,58-,59-,60-,61-,62-,63-/m0/s1. The number of hydrogen-bond donors (Lipinski definition) is 24. The predicted octanol–water partition coefficient (Wildman–Crippen LogP) is -4.73. The number of primary amides is 1. The van der Waals surface area contributed by atoms with Crippen LogP contribution >= 0.6 is 0 Å². The molecule has 0 unspecified atom stereocenters. The number of rotatable bonds is 65. The maximum absolute atomic E-state index is 14.5. The minimum atomic E-state index is -1.36. The molecule has 0 aliphatic heterocycles. The van der Waals surface area contributed by atoms with E-state index in [9.17, 15) is 81.5 Å². The van der Waals surface area contributed by atoms with Crippen molar-refractivity contribution in [2.45, 2.75) is 335 Å². The number of nitrogens with two attached hydrogens (primary N) is 8. The van der Waals surface area contributed by atoms with Crippen LogP contribution < -0.4 is 131 Å². The number of nitrogens with one attached hydrogen (secondary N) is 16. The summed E-state index contributed by atoms with van der Waals surface area (Å²) in [6.07, 6.45) is 5.42. The Morgan fingerprint density at radius 3 is 0.645 bits per heavy atom. The molecule has 0 radical (unpaired) electrons. The molecule has 16 atom stereocenters. The van der Waals surface area contributed by atoms with Gasteiger partial charge < -0.3 is 131 Å². The highest BCUT2D eigenvalue weighted by atomic mass is 16.2. The van der Waals surface area contributed by atoms with Gasteiger partial charge in [-0.15, -0.1) is 0 Å². The first kappa shape index (κ1) is 112. The molecule has 0 rings (SSSR count). The van der Waals surface area contributed by atoms with Crippen molar-refractivity contribution in [2.75, 3.05) is 45.8 Å². The summed E-state index contributed by atoms with van der Waals surface area (Å²) in [7, 11) is 0. The van der Waals surface area contributed by atoms with Crippen molar-refractivity contribution < 1.29 is 81.5 Å². The average Bonchev–Trinajstić information content (AvgIpc) is 0.867. The maximum atomic E-state index is 14.5. The summed E-state index contributed by atoms with van der Waals surface area (Å²) in [5.41, 5.74) is 45.8. The van der Waals surface area contributed by atoms with E-state index in [0.29, 0.717) is 77.0 Å². The van der Waals surface area contributed by atoms with E-state index in [1.807, 2.05) is 13.8 Å². The van der Waals surface area contributed by atoms with Crippen LogP contribution in [-0.4, -0.2) is 243 Å². The van der Waals surface area contributed by atoms with Crippen LogP contribution in [0.2, 0.25) is 0 Å². The van der Waals surface area contributed by atoms with Gasteiger partial charge in [0, 0.05) is 0 Å². The average molecular weight is 1720 g/mol. The Kier molecular flexibility index (Phi) is 57.2. The van der Waals surface area contributed by atoms with Crippen molar-refractivity contribution in [1.82, 2.24) is 85.1 Å². The summed E-state index contributed by atoms with van der Waals surface area (Å²) in [6.45, 7) is 23.5. The molecular weight excluding hydrogens is 1570 g/mol. The van der Waals surface area contributed by atoms with Gasteiger partial charge in [-0.2, -0.15) is 0 Å². The number of carbonyl (C=O) groups excluding carboxylic acids is 17. The molecule has 41 heteroatoms. The van der Waals surface area contributed by atoms with Crippen LogP contribution in [0.5, 0.6) is 0 Å². The molecule has 121 heavy (non-hydrogen) atoms. The van der Waals surface area contributed by atoms with Crippen LogP contribution in [0.4, 0.5) is 0 Å². The molecule has 0 saturated carbocycles. The summed E-state index contributed by atoms with van der Waals surface area (Å²) in [6, 6.07) is -19.4. The quantitative estimate of drug-likeness (QED) is 0.0254. The minimum absolute atomic E-state index is 0.0120. The van der Waals surface area contributed by atoms with Gasteiger partial charge in [0.05, 0.1) is 12.6 Å². The van der Waals surface area contributed by atoms with E-state index in [1.165, 1.54) is 41.5 Å². The third-order valence-electron chi connectivity index (χ3n) is 19.5. The first-order valence-electron chi connectivity index (χ1n) is 43.0. The van der Waals surface area contributed by atoms with Gasteiger partial charge in [0.25, 0.3) is 0 Å². The zero-order valence-electron chi connectivity index (χ0n) is 74.1. The number of amides is 17. The molecule has 0 aromatic carbocycles. The molecule has 0 aliphatic carbocycles. The lowest BCUT2D eigenvalue weighted by Crippen LogP contribution is -2.60. The fourth-order valence-electron chi connectivity index (χ4n) is 12.4. The summed E-state index contributed by atoms with van der Waals surface area (Å²) in [5, 5.41) is 42.2. The topological polar surface area (TPSA) is 691 Å². The Labute approximate surface area is 714 Å². The fourth-order valence-corrected chi connectivity index (χ4v) is 12.4. The lowest BCUT2D eigenvalue weighted by molar-refractivity contribution is -0.136. The van der Waals surface area contributed by atoms with Crippen molar-refractivity contribution in [1.29, 1.82) is 0 Å². The van der Waals surface area contributed by atoms with Crippen molar-refractivity contribution in [3.63, 3.8) is 0 Å². The zero-order chi connectivity index (χ0) is 92.2. The van der Waals surface area contributed by atoms with Gasteiger partial charge in [-0.1, -0.05) is 55.4 Å². The van der Waals surface area contributed by atoms with Gasteiger partial charge in [-0.25, -0.2) is 0 Å². The Hall–Kier alpha value is -9.29. The molecule has 0 heterocycles. The van der Waals surface area contributed by atoms with Crippen molar-refractivity contribution in [3.05, 3.63) is 0 Å². The SMILES string of the molecule is CC(C)C[C@H](NC(=O)[C@H](C)NC(=O)[C@H](CCCCN)NC(=O)[C@H](CCCCN)NC(=O)[C@H](CC(C)C)NC(=O)[C@H](C)NC(=O)[C@H](CCCCN)NC(=O)[C@H](C)NC(=O)[C@H](C)NC(=O)[C@H](C)N)C(=O)N[C@@H](CCCCN)C(=O)N[C@@H](CC(C)C)C(=O)NCC(=O)N[C@@H](CCCCN)C(=O)N[C@@H](CCCCN)C(=O)N[C@@H](CC(C)C)C(=O)N[C@@H](C)C(N)=O. The van der Waals surface area contributed by atoms with E-state index in [-0.39, 0.29) is 127 Å². The smallest absolute Gasteiger partial charge is 0.243 e. The van der Waals surface area contributed by atoms with E-state index in [2.05, 4.69) is 85.1 Å². The first-order valence-corrected chi connectivity index (χ1v) is 43.0. The lowest BCUT2D eigenvalue weighted by atomic mass is 10.00. The van der Waals surface area contributed by atoms with E-state index in [1.54, 1.807) is 41.5 Å². The second-order valence-corrected chi connectivity index (χ2v) is 33.0. The second kappa shape index (κ2) is 61.9. The fraction of sp³-hybridized carbons (Fsp3) is 0.787. The Morgan fingerprint density at radius 2 is 0.397 bits per heavy atom. The maximum Gasteiger partial charge on any atom is 0.243 e. The highest BCUT2D eigenvalue weighted by Crippen LogP contribution is 2.16.